The third-order valence-electron chi connectivity index (χ3n) is 2.04. The van der Waals surface area contributed by atoms with Crippen LogP contribution in [-0.2, 0) is 0 Å². The maximum Gasteiger partial charge on any atom is 0.195 e. The highest BCUT2D eigenvalue weighted by Crippen LogP contribution is 2.25. The Labute approximate surface area is 113 Å². The van der Waals surface area contributed by atoms with Gasteiger partial charge < -0.3 is 0 Å². The molecule has 0 aliphatic rings. The van der Waals surface area contributed by atoms with E-state index in [1.807, 2.05) is 5.38 Å². The lowest BCUT2D eigenvalue weighted by atomic mass is 10.1. The first-order valence-electron chi connectivity index (χ1n) is 4.31. The molecule has 0 fully saturated rings. The zero-order valence-corrected chi connectivity index (χ0v) is 11.8. The van der Waals surface area contributed by atoms with Gasteiger partial charge in [-0.25, -0.2) is 4.39 Å². The molecule has 0 unspecified atom stereocenters. The van der Waals surface area contributed by atoms with Crippen LogP contribution in [0.5, 0.6) is 0 Å². The Morgan fingerprint density at radius 2 is 1.94 bits per heavy atom. The lowest BCUT2D eigenvalue weighted by molar-refractivity contribution is 0.103. The zero-order chi connectivity index (χ0) is 11.7. The minimum absolute atomic E-state index is 0.181. The minimum atomic E-state index is -0.433. The molecule has 0 N–H and O–H groups in total. The van der Waals surface area contributed by atoms with Crippen molar-refractivity contribution in [1.29, 1.82) is 0 Å². The molecular weight excluding hydrogens is 359 g/mol. The number of rotatable bonds is 2. The summed E-state index contributed by atoms with van der Waals surface area (Å²) in [4.78, 5) is 12.0. The molecule has 2 rings (SSSR count). The fourth-order valence-electron chi connectivity index (χ4n) is 1.24. The van der Waals surface area contributed by atoms with Crippen LogP contribution in [0.1, 0.15) is 15.9 Å². The second-order valence-corrected chi connectivity index (χ2v) is 5.54. The molecule has 0 bridgehead atoms. The van der Waals surface area contributed by atoms with Crippen molar-refractivity contribution in [3.63, 3.8) is 0 Å². The van der Waals surface area contributed by atoms with Gasteiger partial charge in [-0.2, -0.15) is 11.3 Å². The highest BCUT2D eigenvalue weighted by Gasteiger charge is 2.14. The number of ketones is 1. The number of carbonyl (C=O) groups excluding carboxylic acids is 1. The molecule has 1 heterocycles. The van der Waals surface area contributed by atoms with E-state index in [9.17, 15) is 9.18 Å². The van der Waals surface area contributed by atoms with Crippen LogP contribution < -0.4 is 0 Å². The number of halogens is 3. The van der Waals surface area contributed by atoms with Gasteiger partial charge in [-0.05, 0) is 50.1 Å². The fraction of sp³-hybridized carbons (Fsp3) is 0. The molecule has 16 heavy (non-hydrogen) atoms. The topological polar surface area (TPSA) is 17.1 Å². The molecule has 0 radical (unpaired) electrons. The molecule has 0 spiro atoms. The van der Waals surface area contributed by atoms with Gasteiger partial charge in [0.15, 0.2) is 5.78 Å². The standard InChI is InChI=1S/C11H5Br2FOS/c12-8-2-1-6(3-10(8)14)11(15)7-4-16-5-9(7)13/h1-5H. The summed E-state index contributed by atoms with van der Waals surface area (Å²) in [6.45, 7) is 0. The van der Waals surface area contributed by atoms with Crippen molar-refractivity contribution in [1.82, 2.24) is 0 Å². The van der Waals surface area contributed by atoms with Crippen LogP contribution in [0.15, 0.2) is 37.9 Å². The van der Waals surface area contributed by atoms with E-state index in [1.54, 1.807) is 11.4 Å². The number of benzene rings is 1. The summed E-state index contributed by atoms with van der Waals surface area (Å²) in [6.07, 6.45) is 0. The van der Waals surface area contributed by atoms with Crippen molar-refractivity contribution in [2.45, 2.75) is 0 Å². The predicted octanol–water partition coefficient (Wildman–Crippen LogP) is 4.64. The molecule has 1 nitrogen and oxygen atoms in total. The Bertz CT molecular complexity index is 551. The normalized spacial score (nSPS) is 10.4. The summed E-state index contributed by atoms with van der Waals surface area (Å²) < 4.78 is 14.4. The van der Waals surface area contributed by atoms with Crippen LogP contribution in [0, 0.1) is 5.82 Å². The van der Waals surface area contributed by atoms with Crippen LogP contribution in [0.4, 0.5) is 4.39 Å². The van der Waals surface area contributed by atoms with Gasteiger partial charge in [0.05, 0.1) is 4.47 Å². The van der Waals surface area contributed by atoms with Crippen LogP contribution in [0.2, 0.25) is 0 Å². The molecule has 1 aromatic heterocycles. The van der Waals surface area contributed by atoms with E-state index >= 15 is 0 Å². The van der Waals surface area contributed by atoms with Crippen molar-refractivity contribution in [3.8, 4) is 0 Å². The van der Waals surface area contributed by atoms with Gasteiger partial charge in [0.25, 0.3) is 0 Å². The van der Waals surface area contributed by atoms with E-state index in [0.717, 1.165) is 4.47 Å². The highest BCUT2D eigenvalue weighted by atomic mass is 79.9. The van der Waals surface area contributed by atoms with Crippen LogP contribution in [-0.4, -0.2) is 5.78 Å². The number of carbonyl (C=O) groups is 1. The molecule has 0 atom stereocenters. The molecule has 0 saturated carbocycles. The van der Waals surface area contributed by atoms with Crippen LogP contribution in [0.25, 0.3) is 0 Å². The van der Waals surface area contributed by atoms with E-state index in [1.165, 1.54) is 23.5 Å². The summed E-state index contributed by atoms with van der Waals surface area (Å²) in [5.74, 6) is -0.614. The van der Waals surface area contributed by atoms with Crippen molar-refractivity contribution in [2.75, 3.05) is 0 Å². The molecule has 5 heteroatoms. The molecule has 82 valence electrons. The quantitative estimate of drug-likeness (QED) is 0.710. The van der Waals surface area contributed by atoms with Crippen molar-refractivity contribution in [3.05, 3.63) is 54.8 Å². The van der Waals surface area contributed by atoms with Gasteiger partial charge in [-0.15, -0.1) is 0 Å². The molecule has 0 aliphatic carbocycles. The average molecular weight is 364 g/mol. The molecule has 0 saturated heterocycles. The lowest BCUT2D eigenvalue weighted by Crippen LogP contribution is -2.01. The number of hydrogen-bond donors (Lipinski definition) is 0. The molecule has 0 amide bonds. The fourth-order valence-corrected chi connectivity index (χ4v) is 2.94. The van der Waals surface area contributed by atoms with Crippen LogP contribution in [0.3, 0.4) is 0 Å². The third kappa shape index (κ3) is 2.26. The molecule has 0 aliphatic heterocycles. The number of thiophene rings is 1. The highest BCUT2D eigenvalue weighted by molar-refractivity contribution is 9.10. The molecule has 2 aromatic rings. The lowest BCUT2D eigenvalue weighted by Gasteiger charge is -2.01. The number of hydrogen-bond acceptors (Lipinski definition) is 2. The van der Waals surface area contributed by atoms with Gasteiger partial charge in [-0.3, -0.25) is 4.79 Å². The minimum Gasteiger partial charge on any atom is -0.289 e. The first-order chi connectivity index (χ1) is 7.59. The maximum atomic E-state index is 13.3. The zero-order valence-electron chi connectivity index (χ0n) is 7.84. The SMILES string of the molecule is O=C(c1ccc(Br)c(F)c1)c1cscc1Br. The largest absolute Gasteiger partial charge is 0.289 e. The summed E-state index contributed by atoms with van der Waals surface area (Å²) in [5.41, 5.74) is 0.909. The van der Waals surface area contributed by atoms with Crippen molar-refractivity contribution in [2.24, 2.45) is 0 Å². The summed E-state index contributed by atoms with van der Waals surface area (Å²) >= 11 is 7.76. The maximum absolute atomic E-state index is 13.3. The Kier molecular flexibility index (Phi) is 3.56. The van der Waals surface area contributed by atoms with Gasteiger partial charge in [-0.1, -0.05) is 0 Å². The van der Waals surface area contributed by atoms with Gasteiger partial charge in [0.2, 0.25) is 0 Å². The van der Waals surface area contributed by atoms with E-state index in [2.05, 4.69) is 31.9 Å². The first-order valence-corrected chi connectivity index (χ1v) is 6.84. The third-order valence-corrected chi connectivity index (χ3v) is 4.39. The Morgan fingerprint density at radius 1 is 1.19 bits per heavy atom. The van der Waals surface area contributed by atoms with Gasteiger partial charge in [0.1, 0.15) is 5.82 Å². The van der Waals surface area contributed by atoms with Crippen LogP contribution >= 0.6 is 43.2 Å². The average Bonchev–Trinajstić information content (AvgIpc) is 2.67. The molecular formula is C11H5Br2FOS. The molecule has 1 aromatic carbocycles. The smallest absolute Gasteiger partial charge is 0.195 e. The van der Waals surface area contributed by atoms with Gasteiger partial charge >= 0.3 is 0 Å². The van der Waals surface area contributed by atoms with E-state index < -0.39 is 5.82 Å². The van der Waals surface area contributed by atoms with E-state index in [0.29, 0.717) is 15.6 Å². The van der Waals surface area contributed by atoms with E-state index in [-0.39, 0.29) is 5.78 Å². The summed E-state index contributed by atoms with van der Waals surface area (Å²) in [5, 5.41) is 3.56. The van der Waals surface area contributed by atoms with Crippen molar-refractivity contribution >= 4 is 49.0 Å². The first kappa shape index (κ1) is 12.0. The van der Waals surface area contributed by atoms with Gasteiger partial charge in [0, 0.05) is 26.4 Å². The Morgan fingerprint density at radius 3 is 2.50 bits per heavy atom. The monoisotopic (exact) mass is 362 g/mol. The Balaban J connectivity index is 2.42. The summed E-state index contributed by atoms with van der Waals surface area (Å²) in [6, 6.07) is 4.36. The van der Waals surface area contributed by atoms with Crippen molar-refractivity contribution < 1.29 is 9.18 Å². The van der Waals surface area contributed by atoms with E-state index in [4.69, 9.17) is 0 Å². The second kappa shape index (κ2) is 4.77. The summed E-state index contributed by atoms with van der Waals surface area (Å²) in [7, 11) is 0. The second-order valence-electron chi connectivity index (χ2n) is 3.09. The Hall–Kier alpha value is -0.520. The predicted molar refractivity (Wildman–Crippen MR) is 69.6 cm³/mol.